The summed E-state index contributed by atoms with van der Waals surface area (Å²) >= 11 is 0. The van der Waals surface area contributed by atoms with E-state index in [9.17, 15) is 4.79 Å². The lowest BCUT2D eigenvalue weighted by Crippen LogP contribution is -2.21. The molecule has 0 heterocycles. The van der Waals surface area contributed by atoms with Crippen LogP contribution >= 0.6 is 0 Å². The van der Waals surface area contributed by atoms with Crippen LogP contribution in [0.15, 0.2) is 41.4 Å². The molecule has 3 heteroatoms. The molecule has 0 bridgehead atoms. The minimum Gasteiger partial charge on any atom is -0.320 e. The van der Waals surface area contributed by atoms with Gasteiger partial charge in [-0.25, -0.2) is 4.99 Å². The number of benzene rings is 2. The zero-order chi connectivity index (χ0) is 20.1. The van der Waals surface area contributed by atoms with Gasteiger partial charge in [0.25, 0.3) is 5.91 Å². The van der Waals surface area contributed by atoms with E-state index in [1.54, 1.807) is 6.92 Å². The van der Waals surface area contributed by atoms with Crippen LogP contribution in [0.5, 0.6) is 0 Å². The Morgan fingerprint density at radius 2 is 1.56 bits per heavy atom. The third-order valence-corrected chi connectivity index (χ3v) is 4.93. The molecule has 0 spiro atoms. The second-order valence-corrected chi connectivity index (χ2v) is 7.71. The Bertz CT molecular complexity index is 821. The van der Waals surface area contributed by atoms with E-state index in [1.807, 2.05) is 19.1 Å². The van der Waals surface area contributed by atoms with Gasteiger partial charge in [0.05, 0.1) is 5.69 Å². The molecule has 144 valence electrons. The predicted octanol–water partition coefficient (Wildman–Crippen LogP) is 6.54. The van der Waals surface area contributed by atoms with Crippen LogP contribution < -0.4 is 5.32 Å². The molecule has 0 fully saturated rings. The molecule has 27 heavy (non-hydrogen) atoms. The first-order chi connectivity index (χ1) is 12.8. The van der Waals surface area contributed by atoms with E-state index in [0.29, 0.717) is 17.5 Å². The number of carbonyl (C=O) groups excluding carboxylic acids is 1. The summed E-state index contributed by atoms with van der Waals surface area (Å²) in [6, 6.07) is 12.4. The number of hydrogen-bond donors (Lipinski definition) is 1. The van der Waals surface area contributed by atoms with Gasteiger partial charge in [0, 0.05) is 5.69 Å². The molecule has 0 radical (unpaired) electrons. The molecular formula is C24H32N2O. The van der Waals surface area contributed by atoms with Gasteiger partial charge in [0.2, 0.25) is 0 Å². The molecule has 0 aromatic heterocycles. The SMILES string of the molecule is CCc1cccc(C)c1NC(=O)C(C)=Nc1c(C(C)C)cccc1C(C)C. The van der Waals surface area contributed by atoms with E-state index in [2.05, 4.69) is 64.2 Å². The summed E-state index contributed by atoms with van der Waals surface area (Å²) in [7, 11) is 0. The van der Waals surface area contributed by atoms with Crippen LogP contribution in [-0.4, -0.2) is 11.6 Å². The number of para-hydroxylation sites is 2. The largest absolute Gasteiger partial charge is 0.320 e. The summed E-state index contributed by atoms with van der Waals surface area (Å²) in [5.41, 5.74) is 6.89. The maximum Gasteiger partial charge on any atom is 0.269 e. The zero-order valence-electron chi connectivity index (χ0n) is 17.7. The molecule has 0 unspecified atom stereocenters. The van der Waals surface area contributed by atoms with Crippen molar-refractivity contribution in [2.45, 2.75) is 66.7 Å². The summed E-state index contributed by atoms with van der Waals surface area (Å²) in [6.45, 7) is 14.6. The highest BCUT2D eigenvalue weighted by Gasteiger charge is 2.16. The minimum absolute atomic E-state index is 0.146. The minimum atomic E-state index is -0.146. The van der Waals surface area contributed by atoms with Crippen LogP contribution in [0.4, 0.5) is 11.4 Å². The van der Waals surface area contributed by atoms with Gasteiger partial charge in [-0.3, -0.25) is 4.79 Å². The van der Waals surface area contributed by atoms with E-state index < -0.39 is 0 Å². The lowest BCUT2D eigenvalue weighted by Gasteiger charge is -2.17. The average molecular weight is 365 g/mol. The normalized spacial score (nSPS) is 12.0. The molecule has 1 amide bonds. The van der Waals surface area contributed by atoms with Gasteiger partial charge in [-0.15, -0.1) is 0 Å². The van der Waals surface area contributed by atoms with E-state index in [-0.39, 0.29) is 5.91 Å². The number of aryl methyl sites for hydroxylation is 2. The van der Waals surface area contributed by atoms with Crippen LogP contribution in [0.1, 0.15) is 75.6 Å². The number of amides is 1. The van der Waals surface area contributed by atoms with E-state index in [0.717, 1.165) is 28.9 Å². The molecular weight excluding hydrogens is 332 g/mol. The molecule has 2 aromatic rings. The van der Waals surface area contributed by atoms with Crippen LogP contribution in [0.25, 0.3) is 0 Å². The van der Waals surface area contributed by atoms with Crippen molar-refractivity contribution in [3.63, 3.8) is 0 Å². The van der Waals surface area contributed by atoms with Crippen molar-refractivity contribution in [3.05, 3.63) is 58.7 Å². The van der Waals surface area contributed by atoms with Crippen molar-refractivity contribution < 1.29 is 4.79 Å². The number of aliphatic imine (C=N–C) groups is 1. The second-order valence-electron chi connectivity index (χ2n) is 7.71. The highest BCUT2D eigenvalue weighted by atomic mass is 16.1. The Hall–Kier alpha value is -2.42. The van der Waals surface area contributed by atoms with Gasteiger partial charge >= 0.3 is 0 Å². The highest BCUT2D eigenvalue weighted by molar-refractivity contribution is 6.42. The first-order valence-corrected chi connectivity index (χ1v) is 9.84. The topological polar surface area (TPSA) is 41.5 Å². The summed E-state index contributed by atoms with van der Waals surface area (Å²) in [5.74, 6) is 0.551. The van der Waals surface area contributed by atoms with Crippen LogP contribution in [0.3, 0.4) is 0 Å². The Balaban J connectivity index is 2.42. The number of rotatable bonds is 6. The van der Waals surface area contributed by atoms with Crippen LogP contribution in [0, 0.1) is 6.92 Å². The summed E-state index contributed by atoms with van der Waals surface area (Å²) in [5, 5.41) is 3.08. The molecule has 2 aromatic carbocycles. The molecule has 0 aliphatic rings. The van der Waals surface area contributed by atoms with Crippen molar-refractivity contribution >= 4 is 23.0 Å². The Kier molecular flexibility index (Phi) is 6.95. The third-order valence-electron chi connectivity index (χ3n) is 4.93. The molecule has 1 N–H and O–H groups in total. The lowest BCUT2D eigenvalue weighted by atomic mass is 9.93. The Morgan fingerprint density at radius 3 is 2.07 bits per heavy atom. The summed E-state index contributed by atoms with van der Waals surface area (Å²) < 4.78 is 0. The maximum atomic E-state index is 12.9. The Labute approximate surface area is 163 Å². The number of anilines is 1. The van der Waals surface area contributed by atoms with Gasteiger partial charge < -0.3 is 5.32 Å². The molecule has 0 aliphatic carbocycles. The fourth-order valence-corrected chi connectivity index (χ4v) is 3.27. The number of nitrogens with one attached hydrogen (secondary N) is 1. The fraction of sp³-hybridized carbons (Fsp3) is 0.417. The van der Waals surface area contributed by atoms with Gasteiger partial charge in [0.1, 0.15) is 5.71 Å². The van der Waals surface area contributed by atoms with Crippen molar-refractivity contribution in [1.82, 2.24) is 0 Å². The van der Waals surface area contributed by atoms with E-state index in [4.69, 9.17) is 4.99 Å². The van der Waals surface area contributed by atoms with Gasteiger partial charge in [-0.05, 0) is 54.4 Å². The quantitative estimate of drug-likeness (QED) is 0.581. The Morgan fingerprint density at radius 1 is 1.00 bits per heavy atom. The van der Waals surface area contributed by atoms with Crippen molar-refractivity contribution in [3.8, 4) is 0 Å². The molecule has 0 saturated carbocycles. The van der Waals surface area contributed by atoms with Crippen molar-refractivity contribution in [2.24, 2.45) is 4.99 Å². The molecule has 0 saturated heterocycles. The maximum absolute atomic E-state index is 12.9. The van der Waals surface area contributed by atoms with Crippen LogP contribution in [-0.2, 0) is 11.2 Å². The predicted molar refractivity (Wildman–Crippen MR) is 117 cm³/mol. The molecule has 0 atom stereocenters. The number of nitrogens with zero attached hydrogens (tertiary/aromatic N) is 1. The molecule has 3 nitrogen and oxygen atoms in total. The zero-order valence-corrected chi connectivity index (χ0v) is 17.7. The first kappa shape index (κ1) is 20.9. The van der Waals surface area contributed by atoms with Gasteiger partial charge in [0.15, 0.2) is 0 Å². The smallest absolute Gasteiger partial charge is 0.269 e. The summed E-state index contributed by atoms with van der Waals surface area (Å²) in [6.07, 6.45) is 0.876. The first-order valence-electron chi connectivity index (χ1n) is 9.84. The number of carbonyl (C=O) groups is 1. The van der Waals surface area contributed by atoms with Crippen LogP contribution in [0.2, 0.25) is 0 Å². The average Bonchev–Trinajstić information content (AvgIpc) is 2.62. The van der Waals surface area contributed by atoms with Gasteiger partial charge in [-0.1, -0.05) is 71.0 Å². The molecule has 2 rings (SSSR count). The number of hydrogen-bond acceptors (Lipinski definition) is 2. The van der Waals surface area contributed by atoms with E-state index in [1.165, 1.54) is 11.1 Å². The fourth-order valence-electron chi connectivity index (χ4n) is 3.27. The highest BCUT2D eigenvalue weighted by Crippen LogP contribution is 2.35. The van der Waals surface area contributed by atoms with Crippen molar-refractivity contribution in [1.29, 1.82) is 0 Å². The third kappa shape index (κ3) is 4.85. The standard InChI is InChI=1S/C24H32N2O/c1-8-19-12-9-11-17(6)22(19)26-24(27)18(7)25-23-20(15(2)3)13-10-14-21(23)16(4)5/h9-16H,8H2,1-7H3,(H,26,27). The summed E-state index contributed by atoms with van der Waals surface area (Å²) in [4.78, 5) is 17.6. The monoisotopic (exact) mass is 364 g/mol. The van der Waals surface area contributed by atoms with E-state index >= 15 is 0 Å². The lowest BCUT2D eigenvalue weighted by molar-refractivity contribution is -0.110. The second kappa shape index (κ2) is 8.98. The van der Waals surface area contributed by atoms with Crippen molar-refractivity contribution in [2.75, 3.05) is 5.32 Å². The molecule has 0 aliphatic heterocycles. The van der Waals surface area contributed by atoms with Gasteiger partial charge in [-0.2, -0.15) is 0 Å².